The summed E-state index contributed by atoms with van der Waals surface area (Å²) in [6.07, 6.45) is 1.73. The molecule has 5 N–H and O–H groups in total. The summed E-state index contributed by atoms with van der Waals surface area (Å²) in [6, 6.07) is 28.3. The number of hydrogen-bond acceptors (Lipinski definition) is 9. The van der Waals surface area contributed by atoms with Crippen LogP contribution in [0.1, 0.15) is 40.5 Å². The molecule has 0 bridgehead atoms. The van der Waals surface area contributed by atoms with Gasteiger partial charge >= 0.3 is 0 Å². The molecule has 0 saturated carbocycles. The minimum absolute atomic E-state index is 0.209. The molecule has 5 aromatic rings. The molecule has 1 aliphatic carbocycles. The van der Waals surface area contributed by atoms with Crippen molar-refractivity contribution in [3.8, 4) is 5.69 Å². The van der Waals surface area contributed by atoms with Crippen LogP contribution >= 0.6 is 23.6 Å². The van der Waals surface area contributed by atoms with Gasteiger partial charge in [-0.25, -0.2) is 5.43 Å². The summed E-state index contributed by atoms with van der Waals surface area (Å²) in [5.74, 6) is 0.408. The fraction of sp³-hybridized carbons (Fsp3) is 0.125. The van der Waals surface area contributed by atoms with Crippen molar-refractivity contribution in [2.24, 2.45) is 15.3 Å². The van der Waals surface area contributed by atoms with Gasteiger partial charge in [0.25, 0.3) is 11.5 Å². The van der Waals surface area contributed by atoms with Crippen molar-refractivity contribution < 1.29 is 4.79 Å². The normalized spacial score (nSPS) is 16.8. The summed E-state index contributed by atoms with van der Waals surface area (Å²) in [4.78, 5) is 26.7. The molecule has 0 spiro atoms. The van der Waals surface area contributed by atoms with Crippen molar-refractivity contribution in [2.45, 2.75) is 25.3 Å². The van der Waals surface area contributed by atoms with Gasteiger partial charge in [0.05, 0.1) is 5.69 Å². The summed E-state index contributed by atoms with van der Waals surface area (Å²) in [5.41, 5.74) is 14.2. The minimum atomic E-state index is -0.419. The van der Waals surface area contributed by atoms with Gasteiger partial charge in [0.15, 0.2) is 15.5 Å². The fourth-order valence-corrected chi connectivity index (χ4v) is 6.88. The number of nitrogens with two attached hydrogens (primary N) is 1. The Kier molecular flexibility index (Phi) is 7.53. The summed E-state index contributed by atoms with van der Waals surface area (Å²) in [6.45, 7) is 0. The van der Waals surface area contributed by atoms with Crippen LogP contribution in [0.4, 0.5) is 23.0 Å². The predicted molar refractivity (Wildman–Crippen MR) is 179 cm³/mol. The van der Waals surface area contributed by atoms with Crippen LogP contribution in [-0.2, 0) is 0 Å². The van der Waals surface area contributed by atoms with Crippen LogP contribution in [0.3, 0.4) is 0 Å². The van der Waals surface area contributed by atoms with Gasteiger partial charge in [0, 0.05) is 23.5 Å². The molecule has 3 aromatic carbocycles. The Bertz CT molecular complexity index is 2110. The number of nitrogens with zero attached hydrogens (tertiary/aromatic N) is 5. The lowest BCUT2D eigenvalue weighted by Gasteiger charge is -2.35. The Hall–Kier alpha value is -5.40. The van der Waals surface area contributed by atoms with Crippen LogP contribution in [0.5, 0.6) is 0 Å². The van der Waals surface area contributed by atoms with Gasteiger partial charge in [-0.3, -0.25) is 23.9 Å². The van der Waals surface area contributed by atoms with E-state index in [-0.39, 0.29) is 23.1 Å². The van der Waals surface area contributed by atoms with Gasteiger partial charge < -0.3 is 11.1 Å². The highest BCUT2D eigenvalue weighted by Gasteiger charge is 2.35. The average Bonchev–Trinajstić information content (AvgIpc) is 3.55. The van der Waals surface area contributed by atoms with Gasteiger partial charge in [-0.05, 0) is 60.5 Å². The largest absolute Gasteiger partial charge is 0.383 e. The van der Waals surface area contributed by atoms with Gasteiger partial charge in [0.2, 0.25) is 0 Å². The number of aromatic nitrogens is 3. The Balaban J connectivity index is 1.18. The van der Waals surface area contributed by atoms with E-state index in [0.29, 0.717) is 39.6 Å². The lowest BCUT2D eigenvalue weighted by atomic mass is 9.85. The van der Waals surface area contributed by atoms with E-state index in [0.717, 1.165) is 39.6 Å². The van der Waals surface area contributed by atoms with Crippen LogP contribution < -0.4 is 22.0 Å². The number of anilines is 2. The van der Waals surface area contributed by atoms with E-state index in [1.807, 2.05) is 91.0 Å². The molecule has 13 heteroatoms. The maximum atomic E-state index is 13.2. The van der Waals surface area contributed by atoms with Crippen molar-refractivity contribution in [3.05, 3.63) is 127 Å². The lowest BCUT2D eigenvalue weighted by Crippen LogP contribution is -2.30. The van der Waals surface area contributed by atoms with Gasteiger partial charge in [0.1, 0.15) is 16.7 Å². The van der Waals surface area contributed by atoms with Gasteiger partial charge in [-0.15, -0.1) is 5.11 Å². The van der Waals surface area contributed by atoms with Crippen LogP contribution in [0.2, 0.25) is 0 Å². The molecular weight excluding hydrogens is 607 g/mol. The quantitative estimate of drug-likeness (QED) is 0.0904. The first kappa shape index (κ1) is 28.4. The molecular formula is C32H27N9O2S2. The van der Waals surface area contributed by atoms with Crippen molar-refractivity contribution in [3.63, 3.8) is 0 Å². The van der Waals surface area contributed by atoms with E-state index in [2.05, 4.69) is 31.2 Å². The number of nitrogen functional groups attached to an aromatic ring is 1. The number of carbonyl (C=O) groups excluding carboxylic acids is 1. The number of aromatic amines is 1. The van der Waals surface area contributed by atoms with Crippen LogP contribution in [0.25, 0.3) is 5.69 Å². The number of azo groups is 1. The Morgan fingerprint density at radius 1 is 0.956 bits per heavy atom. The van der Waals surface area contributed by atoms with Crippen molar-refractivity contribution in [1.82, 2.24) is 19.8 Å². The second-order valence-corrected chi connectivity index (χ2v) is 12.2. The summed E-state index contributed by atoms with van der Waals surface area (Å²) in [7, 11) is 0. The average molecular weight is 634 g/mol. The summed E-state index contributed by atoms with van der Waals surface area (Å²) in [5, 5.41) is 19.6. The van der Waals surface area contributed by atoms with E-state index >= 15 is 0 Å². The number of allylic oxidation sites excluding steroid dienone is 2. The number of H-pyrrole nitrogens is 1. The number of fused-ring (bicyclic) bond motifs is 1. The summed E-state index contributed by atoms with van der Waals surface area (Å²) < 4.78 is 3.96. The number of hydrogen-bond donors (Lipinski definition) is 4. The first-order valence-electron chi connectivity index (χ1n) is 14.3. The summed E-state index contributed by atoms with van der Waals surface area (Å²) >= 11 is 6.65. The van der Waals surface area contributed by atoms with E-state index in [1.165, 1.54) is 0 Å². The van der Waals surface area contributed by atoms with Crippen LogP contribution in [-0.4, -0.2) is 26.0 Å². The van der Waals surface area contributed by atoms with Crippen molar-refractivity contribution in [1.29, 1.82) is 0 Å². The first-order valence-corrected chi connectivity index (χ1v) is 15.5. The third-order valence-electron chi connectivity index (χ3n) is 7.72. The molecule has 7 rings (SSSR count). The zero-order valence-electron chi connectivity index (χ0n) is 23.8. The molecule has 1 unspecified atom stereocenters. The number of nitrogens with one attached hydrogen (secondary N) is 3. The molecule has 2 aliphatic rings. The van der Waals surface area contributed by atoms with E-state index in [1.54, 1.807) is 9.25 Å². The highest BCUT2D eigenvalue weighted by atomic mass is 32.1. The molecule has 0 saturated heterocycles. The lowest BCUT2D eigenvalue weighted by molar-refractivity contribution is 0.0959. The fourth-order valence-electron chi connectivity index (χ4n) is 5.63. The molecule has 0 radical (unpaired) electrons. The molecule has 45 heavy (non-hydrogen) atoms. The number of carbonyl (C=O) groups is 1. The van der Waals surface area contributed by atoms with E-state index < -0.39 is 5.91 Å². The zero-order chi connectivity index (χ0) is 30.9. The number of hydrazone groups is 1. The Morgan fingerprint density at radius 3 is 2.38 bits per heavy atom. The van der Waals surface area contributed by atoms with Crippen molar-refractivity contribution >= 4 is 58.2 Å². The number of thiazole rings is 1. The topological polar surface area (TPSA) is 147 Å². The third kappa shape index (κ3) is 5.43. The maximum Gasteiger partial charge on any atom is 0.294 e. The molecule has 1 aliphatic heterocycles. The number of amides is 1. The Labute approximate surface area is 266 Å². The molecule has 11 nitrogen and oxygen atoms in total. The molecule has 1 atom stereocenters. The Morgan fingerprint density at radius 2 is 1.64 bits per heavy atom. The second kappa shape index (κ2) is 11.9. The maximum absolute atomic E-state index is 13.2. The minimum Gasteiger partial charge on any atom is -0.383 e. The van der Waals surface area contributed by atoms with E-state index in [9.17, 15) is 9.59 Å². The smallest absolute Gasteiger partial charge is 0.294 e. The van der Waals surface area contributed by atoms with Crippen molar-refractivity contribution in [2.75, 3.05) is 11.1 Å². The molecule has 1 amide bonds. The molecule has 224 valence electrons. The first-order chi connectivity index (χ1) is 22.0. The van der Waals surface area contributed by atoms with Crippen LogP contribution in [0, 0.1) is 3.95 Å². The highest BCUT2D eigenvalue weighted by Crippen LogP contribution is 2.43. The number of para-hydroxylation sites is 1. The third-order valence-corrected chi connectivity index (χ3v) is 9.11. The SMILES string of the molecule is Nc1c(C(=O)NN=C2CCC3=C(C2)C(c2ccccc2)n2[nH]c(=O)c(N=Nc4ccccc4)c2N3)sc(=S)n1-c1ccccc1. The molecule has 0 fully saturated rings. The molecule has 2 aromatic heterocycles. The zero-order valence-corrected chi connectivity index (χ0v) is 25.4. The van der Waals surface area contributed by atoms with Gasteiger partial charge in [-0.2, -0.15) is 10.2 Å². The van der Waals surface area contributed by atoms with Gasteiger partial charge in [-0.1, -0.05) is 78.1 Å². The number of rotatable bonds is 6. The predicted octanol–water partition coefficient (Wildman–Crippen LogP) is 6.99. The standard InChI is InChI=1S/C32H27N9O2S2/c33-28-27(45-32(44)40(28)22-14-8-3-9-15-22)31(43)38-36-21-16-17-24-23(18-21)26(19-10-4-1-5-11-19)41-29(34-24)25(30(42)39-41)37-35-20-12-6-2-7-13-20/h1-15,26,34H,16-18,33H2,(H,38,43)(H,39,42). The monoisotopic (exact) mass is 633 g/mol. The highest BCUT2D eigenvalue weighted by molar-refractivity contribution is 7.73. The van der Waals surface area contributed by atoms with E-state index in [4.69, 9.17) is 18.0 Å². The van der Waals surface area contributed by atoms with Crippen LogP contribution in [0.15, 0.2) is 122 Å². The number of benzene rings is 3. The second-order valence-electron chi connectivity index (χ2n) is 10.5. The molecule has 3 heterocycles.